The predicted octanol–water partition coefficient (Wildman–Crippen LogP) is 5.16. The molecular formula is C22H18ClN3O. The number of para-hydroxylation sites is 1. The normalized spacial score (nSPS) is 13.9. The van der Waals surface area contributed by atoms with Crippen LogP contribution in [0.4, 0.5) is 10.5 Å². The van der Waals surface area contributed by atoms with Gasteiger partial charge in [0.2, 0.25) is 0 Å². The number of fused-ring (bicyclic) bond motifs is 1. The van der Waals surface area contributed by atoms with Crippen LogP contribution in [-0.4, -0.2) is 23.8 Å². The van der Waals surface area contributed by atoms with E-state index in [0.29, 0.717) is 11.6 Å². The first kappa shape index (κ1) is 17.3. The van der Waals surface area contributed by atoms with Crippen molar-refractivity contribution < 1.29 is 4.79 Å². The quantitative estimate of drug-likeness (QED) is 0.622. The molecule has 5 heteroatoms. The molecule has 4 rings (SSSR count). The number of amides is 2. The van der Waals surface area contributed by atoms with Crippen molar-refractivity contribution in [2.45, 2.75) is 6.54 Å². The topological polar surface area (TPSA) is 35.9 Å². The first-order chi connectivity index (χ1) is 13.1. The maximum Gasteiger partial charge on any atom is 0.344 e. The summed E-state index contributed by atoms with van der Waals surface area (Å²) in [5.41, 5.74) is 4.47. The van der Waals surface area contributed by atoms with Gasteiger partial charge in [-0.3, -0.25) is 4.90 Å². The third kappa shape index (κ3) is 3.44. The molecule has 1 heterocycles. The highest BCUT2D eigenvalue weighted by Gasteiger charge is 2.27. The Morgan fingerprint density at radius 1 is 0.889 bits per heavy atom. The summed E-state index contributed by atoms with van der Waals surface area (Å²) in [6.07, 6.45) is 0. The first-order valence-corrected chi connectivity index (χ1v) is 9.04. The smallest absolute Gasteiger partial charge is 0.295 e. The first-order valence-electron chi connectivity index (χ1n) is 8.66. The van der Waals surface area contributed by atoms with Crippen molar-refractivity contribution in [2.75, 3.05) is 11.9 Å². The zero-order valence-corrected chi connectivity index (χ0v) is 15.6. The monoisotopic (exact) mass is 375 g/mol. The molecule has 0 unspecified atom stereocenters. The van der Waals surface area contributed by atoms with Gasteiger partial charge in [-0.1, -0.05) is 72.3 Å². The van der Waals surface area contributed by atoms with E-state index in [9.17, 15) is 4.79 Å². The van der Waals surface area contributed by atoms with Gasteiger partial charge < -0.3 is 0 Å². The molecule has 0 aliphatic carbocycles. The van der Waals surface area contributed by atoms with Crippen LogP contribution in [0, 0.1) is 0 Å². The van der Waals surface area contributed by atoms with Crippen LogP contribution in [-0.2, 0) is 6.54 Å². The third-order valence-electron chi connectivity index (χ3n) is 4.54. The van der Waals surface area contributed by atoms with Crippen molar-refractivity contribution in [3.05, 3.63) is 101 Å². The molecule has 4 nitrogen and oxygen atoms in total. The molecule has 0 radical (unpaired) electrons. The molecule has 0 fully saturated rings. The minimum atomic E-state index is -0.177. The lowest BCUT2D eigenvalue weighted by Gasteiger charge is -2.22. The maximum absolute atomic E-state index is 13.1. The van der Waals surface area contributed by atoms with Crippen molar-refractivity contribution in [2.24, 2.45) is 5.10 Å². The Bertz CT molecular complexity index is 1000. The lowest BCUT2D eigenvalue weighted by molar-refractivity contribution is 0.206. The fourth-order valence-electron chi connectivity index (χ4n) is 3.13. The Morgan fingerprint density at radius 2 is 1.56 bits per heavy atom. The fourth-order valence-corrected chi connectivity index (χ4v) is 3.26. The Labute approximate surface area is 163 Å². The number of urea groups is 1. The standard InChI is InChI=1S/C22H18ClN3O/c1-25-20-10-6-5-9-19(20)21(17-7-3-2-4-8-17)24-26(22(25)27)15-16-11-13-18(23)14-12-16/h2-14H,15H2,1H3. The van der Waals surface area contributed by atoms with Gasteiger partial charge in [0.05, 0.1) is 12.2 Å². The summed E-state index contributed by atoms with van der Waals surface area (Å²) in [6.45, 7) is 0.366. The number of benzene rings is 3. The van der Waals surface area contributed by atoms with Gasteiger partial charge in [0.25, 0.3) is 0 Å². The Balaban J connectivity index is 1.82. The number of hydrogen-bond donors (Lipinski definition) is 0. The predicted molar refractivity (Wildman–Crippen MR) is 109 cm³/mol. The minimum Gasteiger partial charge on any atom is -0.295 e. The lowest BCUT2D eigenvalue weighted by Crippen LogP contribution is -2.37. The summed E-state index contributed by atoms with van der Waals surface area (Å²) in [4.78, 5) is 14.7. The highest BCUT2D eigenvalue weighted by molar-refractivity contribution is 6.30. The summed E-state index contributed by atoms with van der Waals surface area (Å²) >= 11 is 5.98. The second-order valence-corrected chi connectivity index (χ2v) is 6.79. The minimum absolute atomic E-state index is 0.177. The second kappa shape index (κ2) is 7.25. The maximum atomic E-state index is 13.1. The fraction of sp³-hybridized carbons (Fsp3) is 0.0909. The molecule has 3 aromatic rings. The molecule has 0 saturated carbocycles. The van der Waals surface area contributed by atoms with Crippen molar-refractivity contribution in [3.63, 3.8) is 0 Å². The average molecular weight is 376 g/mol. The van der Waals surface area contributed by atoms with Gasteiger partial charge in [0, 0.05) is 23.2 Å². The van der Waals surface area contributed by atoms with E-state index in [1.807, 2.05) is 78.9 Å². The molecule has 0 atom stereocenters. The number of carbonyl (C=O) groups is 1. The molecule has 1 aliphatic heterocycles. The number of rotatable bonds is 3. The van der Waals surface area contributed by atoms with Crippen molar-refractivity contribution in [1.29, 1.82) is 0 Å². The van der Waals surface area contributed by atoms with Crippen LogP contribution in [0.25, 0.3) is 0 Å². The van der Waals surface area contributed by atoms with Gasteiger partial charge >= 0.3 is 6.03 Å². The zero-order valence-electron chi connectivity index (χ0n) is 14.8. The second-order valence-electron chi connectivity index (χ2n) is 6.36. The molecule has 0 spiro atoms. The van der Waals surface area contributed by atoms with E-state index in [4.69, 9.17) is 16.7 Å². The number of hydrazone groups is 1. The van der Waals surface area contributed by atoms with Crippen LogP contribution < -0.4 is 4.90 Å². The molecule has 1 aliphatic rings. The van der Waals surface area contributed by atoms with Gasteiger partial charge in [-0.25, -0.2) is 9.80 Å². The summed E-state index contributed by atoms with van der Waals surface area (Å²) in [5.74, 6) is 0. The van der Waals surface area contributed by atoms with Crippen LogP contribution in [0.2, 0.25) is 5.02 Å². The number of nitrogens with zero attached hydrogens (tertiary/aromatic N) is 3. The van der Waals surface area contributed by atoms with Crippen LogP contribution in [0.1, 0.15) is 16.7 Å². The molecular weight excluding hydrogens is 358 g/mol. The summed E-state index contributed by atoms with van der Waals surface area (Å²) in [6, 6.07) is 25.0. The van der Waals surface area contributed by atoms with E-state index >= 15 is 0 Å². The SMILES string of the molecule is CN1C(=O)N(Cc2ccc(Cl)cc2)N=C(c2ccccc2)c2ccccc21. The van der Waals surface area contributed by atoms with Gasteiger partial charge in [-0.2, -0.15) is 5.10 Å². The van der Waals surface area contributed by atoms with Gasteiger partial charge in [0.15, 0.2) is 0 Å². The van der Waals surface area contributed by atoms with Crippen molar-refractivity contribution >= 4 is 29.0 Å². The van der Waals surface area contributed by atoms with Crippen LogP contribution in [0.5, 0.6) is 0 Å². The number of hydrogen-bond acceptors (Lipinski definition) is 2. The number of anilines is 1. The average Bonchev–Trinajstić information content (AvgIpc) is 2.81. The van der Waals surface area contributed by atoms with E-state index in [0.717, 1.165) is 28.1 Å². The Hall–Kier alpha value is -3.11. The van der Waals surface area contributed by atoms with Crippen molar-refractivity contribution in [3.8, 4) is 0 Å². The molecule has 0 N–H and O–H groups in total. The molecule has 134 valence electrons. The van der Waals surface area contributed by atoms with E-state index in [2.05, 4.69) is 0 Å². The van der Waals surface area contributed by atoms with E-state index in [1.54, 1.807) is 11.9 Å². The zero-order chi connectivity index (χ0) is 18.8. The van der Waals surface area contributed by atoms with Gasteiger partial charge in [0.1, 0.15) is 5.71 Å². The largest absolute Gasteiger partial charge is 0.344 e. The molecule has 0 aromatic heterocycles. The number of halogens is 1. The van der Waals surface area contributed by atoms with E-state index < -0.39 is 0 Å². The van der Waals surface area contributed by atoms with Crippen LogP contribution in [0.15, 0.2) is 84.0 Å². The van der Waals surface area contributed by atoms with Gasteiger partial charge in [-0.05, 0) is 23.8 Å². The lowest BCUT2D eigenvalue weighted by atomic mass is 10.0. The van der Waals surface area contributed by atoms with E-state index in [-0.39, 0.29) is 6.03 Å². The van der Waals surface area contributed by atoms with Crippen LogP contribution in [0.3, 0.4) is 0 Å². The van der Waals surface area contributed by atoms with E-state index in [1.165, 1.54) is 5.01 Å². The molecule has 3 aromatic carbocycles. The third-order valence-corrected chi connectivity index (χ3v) is 4.79. The Morgan fingerprint density at radius 3 is 2.30 bits per heavy atom. The highest BCUT2D eigenvalue weighted by Crippen LogP contribution is 2.28. The molecule has 2 amide bonds. The highest BCUT2D eigenvalue weighted by atomic mass is 35.5. The molecule has 0 saturated heterocycles. The molecule has 27 heavy (non-hydrogen) atoms. The summed E-state index contributed by atoms with van der Waals surface area (Å²) < 4.78 is 0. The summed E-state index contributed by atoms with van der Waals surface area (Å²) in [5, 5.41) is 6.93. The summed E-state index contributed by atoms with van der Waals surface area (Å²) in [7, 11) is 1.78. The van der Waals surface area contributed by atoms with Crippen molar-refractivity contribution in [1.82, 2.24) is 5.01 Å². The van der Waals surface area contributed by atoms with Gasteiger partial charge in [-0.15, -0.1) is 0 Å². The van der Waals surface area contributed by atoms with Crippen LogP contribution >= 0.6 is 11.6 Å². The number of carbonyl (C=O) groups excluding carboxylic acids is 1. The molecule has 0 bridgehead atoms. The Kier molecular flexibility index (Phi) is 4.65.